The third-order valence-corrected chi connectivity index (χ3v) is 1.90. The Hall–Kier alpha value is -1.78. The molecular weight excluding hydrogens is 178 g/mol. The fraction of sp³-hybridized carbons (Fsp3) is 0.333. The van der Waals surface area contributed by atoms with Crippen LogP contribution in [0.1, 0.15) is 19.9 Å². The molecule has 0 saturated carbocycles. The van der Waals surface area contributed by atoms with Crippen LogP contribution in [-0.2, 0) is 0 Å². The van der Waals surface area contributed by atoms with Gasteiger partial charge in [-0.05, 0) is 30.8 Å². The molecule has 72 valence electrons. The van der Waals surface area contributed by atoms with Gasteiger partial charge in [-0.25, -0.2) is 0 Å². The van der Waals surface area contributed by atoms with Gasteiger partial charge in [0.15, 0.2) is 0 Å². The number of rotatable bonds is 2. The van der Waals surface area contributed by atoms with Gasteiger partial charge >= 0.3 is 0 Å². The zero-order valence-corrected chi connectivity index (χ0v) is 8.20. The first-order chi connectivity index (χ1) is 6.79. The van der Waals surface area contributed by atoms with Crippen LogP contribution in [0.5, 0.6) is 0 Å². The third-order valence-electron chi connectivity index (χ3n) is 1.90. The highest BCUT2D eigenvalue weighted by atomic mass is 15.8. The summed E-state index contributed by atoms with van der Waals surface area (Å²) in [5.74, 6) is 0. The van der Waals surface area contributed by atoms with Crippen LogP contribution in [0.15, 0.2) is 30.3 Å². The average Bonchev–Trinajstić information content (AvgIpc) is 2.67. The molecule has 1 heterocycles. The van der Waals surface area contributed by atoms with Gasteiger partial charge in [-0.2, -0.15) is 0 Å². The molecule has 14 heavy (non-hydrogen) atoms. The smallest absolute Gasteiger partial charge is 0.0621 e. The van der Waals surface area contributed by atoms with Gasteiger partial charge in [0, 0.05) is 0 Å². The molecule has 0 bridgehead atoms. The molecule has 0 N–H and O–H groups in total. The van der Waals surface area contributed by atoms with Crippen LogP contribution in [-0.4, -0.2) is 20.4 Å². The summed E-state index contributed by atoms with van der Waals surface area (Å²) in [5.41, 5.74) is 0.964. The minimum atomic E-state index is 0.241. The maximum absolute atomic E-state index is 3.93. The van der Waals surface area contributed by atoms with Gasteiger partial charge in [0.25, 0.3) is 0 Å². The highest BCUT2D eigenvalue weighted by Gasteiger charge is 2.16. The van der Waals surface area contributed by atoms with Crippen LogP contribution in [0, 0.1) is 0 Å². The summed E-state index contributed by atoms with van der Waals surface area (Å²) in [6, 6.07) is 10.1. The topological polar surface area (TPSA) is 47.5 Å². The molecule has 5 heteroatoms. The van der Waals surface area contributed by atoms with Gasteiger partial charge in [-0.1, -0.05) is 23.0 Å². The second kappa shape index (κ2) is 3.53. The van der Waals surface area contributed by atoms with Crippen molar-refractivity contribution in [2.75, 3.05) is 0 Å². The lowest BCUT2D eigenvalue weighted by atomic mass is 10.3. The first-order valence-corrected chi connectivity index (χ1v) is 4.55. The second-order valence-electron chi connectivity index (χ2n) is 3.31. The summed E-state index contributed by atoms with van der Waals surface area (Å²) >= 11 is 0. The summed E-state index contributed by atoms with van der Waals surface area (Å²) in [7, 11) is 0. The molecule has 0 aliphatic heterocycles. The average molecular weight is 190 g/mol. The van der Waals surface area contributed by atoms with E-state index in [1.54, 1.807) is 9.59 Å². The molecule has 0 aliphatic carbocycles. The Labute approximate surface area is 81.9 Å². The maximum atomic E-state index is 3.93. The van der Waals surface area contributed by atoms with Crippen LogP contribution in [0.2, 0.25) is 0 Å². The van der Waals surface area contributed by atoms with E-state index in [-0.39, 0.29) is 6.04 Å². The lowest BCUT2D eigenvalue weighted by Crippen LogP contribution is -2.47. The van der Waals surface area contributed by atoms with Crippen LogP contribution < -0.4 is 4.80 Å². The van der Waals surface area contributed by atoms with E-state index in [9.17, 15) is 0 Å². The number of aromatic nitrogens is 5. The lowest BCUT2D eigenvalue weighted by Gasteiger charge is -2.01. The van der Waals surface area contributed by atoms with Crippen molar-refractivity contribution in [2.24, 2.45) is 0 Å². The summed E-state index contributed by atoms with van der Waals surface area (Å²) in [6.07, 6.45) is 0. The zero-order valence-electron chi connectivity index (χ0n) is 8.20. The first-order valence-electron chi connectivity index (χ1n) is 4.55. The molecule has 2 rings (SSSR count). The quantitative estimate of drug-likeness (QED) is 0.649. The summed E-state index contributed by atoms with van der Waals surface area (Å²) < 4.78 is 0. The van der Waals surface area contributed by atoms with Gasteiger partial charge in [0.2, 0.25) is 10.4 Å². The zero-order chi connectivity index (χ0) is 9.97. The number of nitrogens with zero attached hydrogens (tertiary/aromatic N) is 5. The van der Waals surface area contributed by atoms with E-state index < -0.39 is 0 Å². The molecule has 0 spiro atoms. The molecule has 1 aromatic carbocycles. The van der Waals surface area contributed by atoms with Crippen molar-refractivity contribution in [3.8, 4) is 5.69 Å². The van der Waals surface area contributed by atoms with Crippen molar-refractivity contribution in [3.05, 3.63) is 30.3 Å². The fourth-order valence-corrected chi connectivity index (χ4v) is 1.23. The third kappa shape index (κ3) is 1.48. The van der Waals surface area contributed by atoms with Crippen molar-refractivity contribution in [3.63, 3.8) is 0 Å². The van der Waals surface area contributed by atoms with Gasteiger partial charge in [0.1, 0.15) is 16.9 Å². The molecule has 2 aromatic rings. The van der Waals surface area contributed by atoms with E-state index in [0.717, 1.165) is 5.69 Å². The monoisotopic (exact) mass is 190 g/mol. The molecule has 0 atom stereocenters. The predicted molar refractivity (Wildman–Crippen MR) is 49.7 cm³/mol. The van der Waals surface area contributed by atoms with Crippen molar-refractivity contribution < 1.29 is 4.80 Å². The number of benzene rings is 1. The van der Waals surface area contributed by atoms with Gasteiger partial charge in [-0.3, -0.25) is 0 Å². The van der Waals surface area contributed by atoms with E-state index >= 15 is 0 Å². The fourth-order valence-electron chi connectivity index (χ4n) is 1.23. The Bertz CT molecular complexity index is 406. The van der Waals surface area contributed by atoms with E-state index in [1.165, 1.54) is 0 Å². The largest absolute Gasteiger partial charge is 0.231 e. The van der Waals surface area contributed by atoms with E-state index in [2.05, 4.69) is 15.6 Å². The van der Waals surface area contributed by atoms with Crippen molar-refractivity contribution in [1.82, 2.24) is 20.4 Å². The highest BCUT2D eigenvalue weighted by Crippen LogP contribution is 2.01. The molecule has 0 saturated heterocycles. The lowest BCUT2D eigenvalue weighted by molar-refractivity contribution is -0.838. The Kier molecular flexibility index (Phi) is 2.22. The minimum Gasteiger partial charge on any atom is -0.0621 e. The normalized spacial score (nSPS) is 10.8. The minimum absolute atomic E-state index is 0.241. The Morgan fingerprint density at radius 3 is 2.57 bits per heavy atom. The molecule has 5 nitrogen and oxygen atoms in total. The molecular formula is C9H12N5+. The molecule has 1 aromatic heterocycles. The Morgan fingerprint density at radius 2 is 1.93 bits per heavy atom. The Balaban J connectivity index is 2.47. The van der Waals surface area contributed by atoms with Gasteiger partial charge < -0.3 is 0 Å². The number of hydrogen-bond acceptors (Lipinski definition) is 3. The van der Waals surface area contributed by atoms with Crippen LogP contribution in [0.4, 0.5) is 0 Å². The van der Waals surface area contributed by atoms with Crippen molar-refractivity contribution in [1.29, 1.82) is 0 Å². The van der Waals surface area contributed by atoms with Crippen LogP contribution >= 0.6 is 0 Å². The van der Waals surface area contributed by atoms with Crippen LogP contribution in [0.25, 0.3) is 5.69 Å². The van der Waals surface area contributed by atoms with E-state index in [0.29, 0.717) is 0 Å². The predicted octanol–water partition coefficient (Wildman–Crippen LogP) is 0.531. The summed E-state index contributed by atoms with van der Waals surface area (Å²) in [6.45, 7) is 4.08. The maximum Gasteiger partial charge on any atom is 0.231 e. The molecule has 0 unspecified atom stereocenters. The SMILES string of the molecule is CC(C)[n+]1nnnn1-c1ccccc1. The standard InChI is InChI=1S/C9H12N5/c1-8(2)13-11-10-12-14(13)9-6-4-3-5-7-9/h3-8H,1-2H3/q+1. The van der Waals surface area contributed by atoms with Gasteiger partial charge in [0.05, 0.1) is 0 Å². The van der Waals surface area contributed by atoms with E-state index in [4.69, 9.17) is 0 Å². The second-order valence-corrected chi connectivity index (χ2v) is 3.31. The molecule has 0 fully saturated rings. The highest BCUT2D eigenvalue weighted by molar-refractivity contribution is 5.26. The summed E-state index contributed by atoms with van der Waals surface area (Å²) in [4.78, 5) is 3.42. The number of hydrogen-bond donors (Lipinski definition) is 0. The summed E-state index contributed by atoms with van der Waals surface area (Å²) in [5, 5.41) is 11.5. The van der Waals surface area contributed by atoms with E-state index in [1.807, 2.05) is 44.2 Å². The van der Waals surface area contributed by atoms with Crippen molar-refractivity contribution in [2.45, 2.75) is 19.9 Å². The first kappa shape index (κ1) is 8.80. The van der Waals surface area contributed by atoms with Gasteiger partial charge in [-0.15, -0.1) is 0 Å². The van der Waals surface area contributed by atoms with Crippen LogP contribution in [0.3, 0.4) is 0 Å². The number of para-hydroxylation sites is 1. The molecule has 0 radical (unpaired) electrons. The molecule has 0 amide bonds. The van der Waals surface area contributed by atoms with Crippen molar-refractivity contribution >= 4 is 0 Å². The Morgan fingerprint density at radius 1 is 1.21 bits per heavy atom. The molecule has 0 aliphatic rings.